The van der Waals surface area contributed by atoms with E-state index in [0.717, 1.165) is 4.88 Å². The van der Waals surface area contributed by atoms with Crippen molar-refractivity contribution in [2.75, 3.05) is 6.54 Å². The van der Waals surface area contributed by atoms with Gasteiger partial charge in [-0.25, -0.2) is 4.39 Å². The van der Waals surface area contributed by atoms with Crippen molar-refractivity contribution < 1.29 is 13.7 Å². The maximum absolute atomic E-state index is 13.0. The van der Waals surface area contributed by atoms with Crippen molar-refractivity contribution >= 4 is 17.2 Å². The lowest BCUT2D eigenvalue weighted by Crippen LogP contribution is -2.23. The van der Waals surface area contributed by atoms with Crippen LogP contribution in [0.25, 0.3) is 11.4 Å². The summed E-state index contributed by atoms with van der Waals surface area (Å²) < 4.78 is 18.3. The Morgan fingerprint density at radius 3 is 2.88 bits per heavy atom. The molecule has 1 aromatic carbocycles. The smallest absolute Gasteiger partial charge is 0.232 e. The van der Waals surface area contributed by atoms with Crippen molar-refractivity contribution in [3.63, 3.8) is 0 Å². The van der Waals surface area contributed by atoms with E-state index in [4.69, 9.17) is 4.52 Å². The van der Waals surface area contributed by atoms with E-state index in [0.29, 0.717) is 36.8 Å². The van der Waals surface area contributed by atoms with E-state index in [2.05, 4.69) is 10.1 Å². The van der Waals surface area contributed by atoms with Gasteiger partial charge in [-0.05, 0) is 35.7 Å². The van der Waals surface area contributed by atoms with Crippen LogP contribution in [0.3, 0.4) is 0 Å². The van der Waals surface area contributed by atoms with Gasteiger partial charge in [-0.15, -0.1) is 11.3 Å². The molecule has 0 radical (unpaired) electrons. The summed E-state index contributed by atoms with van der Waals surface area (Å²) in [5.41, 5.74) is 0.686. The Balaban J connectivity index is 1.49. The van der Waals surface area contributed by atoms with Gasteiger partial charge in [0, 0.05) is 23.4 Å². The maximum Gasteiger partial charge on any atom is 0.232 e. The zero-order valence-corrected chi connectivity index (χ0v) is 13.5. The molecule has 1 aliphatic heterocycles. The molecule has 7 heteroatoms. The molecule has 1 saturated heterocycles. The van der Waals surface area contributed by atoms with E-state index in [1.54, 1.807) is 23.5 Å². The SMILES string of the molecule is O=C1CC(c2nc(-c3ccc(F)cc3)no2)CN1Cc1cccs1. The van der Waals surface area contributed by atoms with E-state index >= 15 is 0 Å². The molecule has 0 bridgehead atoms. The minimum Gasteiger partial charge on any atom is -0.339 e. The first-order chi connectivity index (χ1) is 11.7. The third-order valence-corrected chi connectivity index (χ3v) is 4.90. The Bertz CT molecular complexity index is 845. The number of hydrogen-bond donors (Lipinski definition) is 0. The monoisotopic (exact) mass is 343 g/mol. The highest BCUT2D eigenvalue weighted by molar-refractivity contribution is 7.09. The van der Waals surface area contributed by atoms with Crippen LogP contribution in [0.1, 0.15) is 23.1 Å². The first-order valence-corrected chi connectivity index (χ1v) is 8.47. The quantitative estimate of drug-likeness (QED) is 0.728. The van der Waals surface area contributed by atoms with Crippen LogP contribution in [0.2, 0.25) is 0 Å². The van der Waals surface area contributed by atoms with Gasteiger partial charge < -0.3 is 9.42 Å². The summed E-state index contributed by atoms with van der Waals surface area (Å²) in [5, 5.41) is 5.95. The molecule has 3 heterocycles. The lowest BCUT2D eigenvalue weighted by atomic mass is 10.1. The number of benzene rings is 1. The van der Waals surface area contributed by atoms with Gasteiger partial charge >= 0.3 is 0 Å². The lowest BCUT2D eigenvalue weighted by molar-refractivity contribution is -0.128. The van der Waals surface area contributed by atoms with E-state index in [9.17, 15) is 9.18 Å². The summed E-state index contributed by atoms with van der Waals surface area (Å²) in [7, 11) is 0. The number of carbonyl (C=O) groups excluding carboxylic acids is 1. The minimum atomic E-state index is -0.312. The molecule has 2 aromatic heterocycles. The van der Waals surface area contributed by atoms with Crippen LogP contribution in [-0.2, 0) is 11.3 Å². The number of rotatable bonds is 4. The van der Waals surface area contributed by atoms with Crippen molar-refractivity contribution in [1.82, 2.24) is 15.0 Å². The molecule has 5 nitrogen and oxygen atoms in total. The number of halogens is 1. The van der Waals surface area contributed by atoms with Crippen molar-refractivity contribution in [3.05, 3.63) is 58.4 Å². The van der Waals surface area contributed by atoms with Gasteiger partial charge in [0.1, 0.15) is 5.82 Å². The molecular weight excluding hydrogens is 329 g/mol. The number of thiophene rings is 1. The van der Waals surface area contributed by atoms with Crippen molar-refractivity contribution in [1.29, 1.82) is 0 Å². The number of amides is 1. The van der Waals surface area contributed by atoms with Crippen LogP contribution < -0.4 is 0 Å². The minimum absolute atomic E-state index is 0.0925. The van der Waals surface area contributed by atoms with E-state index in [1.807, 2.05) is 22.4 Å². The van der Waals surface area contributed by atoms with Crippen LogP contribution in [0, 0.1) is 5.82 Å². The second-order valence-corrected chi connectivity index (χ2v) is 6.75. The fraction of sp³-hybridized carbons (Fsp3) is 0.235. The maximum atomic E-state index is 13.0. The molecule has 1 atom stereocenters. The largest absolute Gasteiger partial charge is 0.339 e. The van der Waals surface area contributed by atoms with Crippen molar-refractivity contribution in [2.45, 2.75) is 18.9 Å². The number of likely N-dealkylation sites (tertiary alicyclic amines) is 1. The van der Waals surface area contributed by atoms with Crippen LogP contribution in [0.15, 0.2) is 46.3 Å². The van der Waals surface area contributed by atoms with Crippen LogP contribution >= 0.6 is 11.3 Å². The highest BCUT2D eigenvalue weighted by Gasteiger charge is 2.34. The van der Waals surface area contributed by atoms with Crippen LogP contribution in [0.4, 0.5) is 4.39 Å². The van der Waals surface area contributed by atoms with Gasteiger partial charge in [0.25, 0.3) is 0 Å². The summed E-state index contributed by atoms with van der Waals surface area (Å²) in [5.74, 6) is 0.549. The molecule has 24 heavy (non-hydrogen) atoms. The summed E-state index contributed by atoms with van der Waals surface area (Å²) >= 11 is 1.64. The molecular formula is C17H14FN3O2S. The molecule has 1 fully saturated rings. The second kappa shape index (κ2) is 6.16. The van der Waals surface area contributed by atoms with Gasteiger partial charge in [-0.2, -0.15) is 4.98 Å². The average molecular weight is 343 g/mol. The first kappa shape index (κ1) is 15.0. The predicted octanol–water partition coefficient (Wildman–Crippen LogP) is 3.45. The highest BCUT2D eigenvalue weighted by atomic mass is 32.1. The number of carbonyl (C=O) groups is 1. The summed E-state index contributed by atoms with van der Waals surface area (Å²) in [6, 6.07) is 9.91. The van der Waals surface area contributed by atoms with Gasteiger partial charge in [-0.3, -0.25) is 4.79 Å². The second-order valence-electron chi connectivity index (χ2n) is 5.72. The fourth-order valence-electron chi connectivity index (χ4n) is 2.80. The van der Waals surface area contributed by atoms with Crippen LogP contribution in [-0.4, -0.2) is 27.5 Å². The zero-order valence-electron chi connectivity index (χ0n) is 12.7. The normalized spacial score (nSPS) is 17.6. The highest BCUT2D eigenvalue weighted by Crippen LogP contribution is 2.30. The predicted molar refractivity (Wildman–Crippen MR) is 86.8 cm³/mol. The van der Waals surface area contributed by atoms with Gasteiger partial charge in [-0.1, -0.05) is 11.2 Å². The molecule has 0 aliphatic carbocycles. The Hall–Kier alpha value is -2.54. The number of nitrogens with zero attached hydrogens (tertiary/aromatic N) is 3. The van der Waals surface area contributed by atoms with E-state index < -0.39 is 0 Å². The Morgan fingerprint density at radius 1 is 1.29 bits per heavy atom. The molecule has 4 rings (SSSR count). The summed E-state index contributed by atoms with van der Waals surface area (Å²) in [6.45, 7) is 1.19. The number of aromatic nitrogens is 2. The van der Waals surface area contributed by atoms with Crippen molar-refractivity contribution in [3.8, 4) is 11.4 Å². The lowest BCUT2D eigenvalue weighted by Gasteiger charge is -2.14. The fourth-order valence-corrected chi connectivity index (χ4v) is 3.52. The van der Waals surface area contributed by atoms with E-state index in [-0.39, 0.29) is 17.6 Å². The molecule has 1 unspecified atom stereocenters. The average Bonchev–Trinajstić information content (AvgIpc) is 3.31. The summed E-state index contributed by atoms with van der Waals surface area (Å²) in [6.07, 6.45) is 0.371. The van der Waals surface area contributed by atoms with Gasteiger partial charge in [0.15, 0.2) is 0 Å². The Labute approximate surface area is 141 Å². The third kappa shape index (κ3) is 2.94. The Morgan fingerprint density at radius 2 is 2.12 bits per heavy atom. The standard InChI is InChI=1S/C17H14FN3O2S/c18-13-5-3-11(4-6-13)16-19-17(23-20-16)12-8-15(22)21(9-12)10-14-2-1-7-24-14/h1-7,12H,8-10H2. The summed E-state index contributed by atoms with van der Waals surface area (Å²) in [4.78, 5) is 19.6. The zero-order chi connectivity index (χ0) is 16.5. The molecule has 1 aliphatic rings. The van der Waals surface area contributed by atoms with E-state index in [1.165, 1.54) is 12.1 Å². The molecule has 3 aromatic rings. The molecule has 0 N–H and O–H groups in total. The van der Waals surface area contributed by atoms with Gasteiger partial charge in [0.05, 0.1) is 12.5 Å². The van der Waals surface area contributed by atoms with Crippen molar-refractivity contribution in [2.24, 2.45) is 0 Å². The topological polar surface area (TPSA) is 59.2 Å². The molecule has 0 spiro atoms. The number of hydrogen-bond acceptors (Lipinski definition) is 5. The third-order valence-electron chi connectivity index (χ3n) is 4.03. The Kier molecular flexibility index (Phi) is 3.86. The molecule has 122 valence electrons. The first-order valence-electron chi connectivity index (χ1n) is 7.59. The molecule has 0 saturated carbocycles. The molecule has 1 amide bonds. The van der Waals surface area contributed by atoms with Gasteiger partial charge in [0.2, 0.25) is 17.6 Å². The van der Waals surface area contributed by atoms with Crippen LogP contribution in [0.5, 0.6) is 0 Å².